The normalized spacial score (nSPS) is 14.5. The van der Waals surface area contributed by atoms with Gasteiger partial charge in [-0.3, -0.25) is 0 Å². The molecule has 0 bridgehead atoms. The van der Waals surface area contributed by atoms with Gasteiger partial charge < -0.3 is 29.2 Å². The van der Waals surface area contributed by atoms with Gasteiger partial charge in [0.05, 0.1) is 41.7 Å². The molecule has 0 saturated carbocycles. The van der Waals surface area contributed by atoms with Crippen LogP contribution in [0.25, 0.3) is 44.5 Å². The first kappa shape index (κ1) is 55.4. The number of aliphatic hydroxyl groups is 2. The molecule has 6 nitrogen and oxygen atoms in total. The van der Waals surface area contributed by atoms with Gasteiger partial charge in [-0.25, -0.2) is 17.6 Å². The van der Waals surface area contributed by atoms with Gasteiger partial charge >= 0.3 is 0 Å². The Balaban J connectivity index is -0.0000000964. The van der Waals surface area contributed by atoms with Gasteiger partial charge in [0.15, 0.2) is 0 Å². The van der Waals surface area contributed by atoms with Gasteiger partial charge in [-0.05, 0) is 185 Å². The summed E-state index contributed by atoms with van der Waals surface area (Å²) in [4.78, 5) is 0. The third-order valence-corrected chi connectivity index (χ3v) is 22.5. The minimum Gasteiger partial charge on any atom is -0.497 e. The SMILES string of the molecule is CCC(C)(C)[C@@H](C)c1cc(CBr)ccc1-c1cc(OC)ccc1F.CCC(C)(C)[C@@H](C)c1cc(CO)ccc1-c1cc(OC)ccc1F.CCC(C)(C)[C@H](C)c1cc(CBr)ccc1-c1cc(OC)ccc1F.CCC(C)(C)[C@H](C)c1cc(CO)ccc1-c1cc(OC)ccc1F.[3H][3H].[3H][3H].[3H][3H].[3H][3H].[3H][3H].[3H][3H].[3H][3H].[3H][3H].[3H][3H].[3H][3H].[3H][3H].[3H][3H].[3H][3H].[3H][3H].[3H][3H].[3H][3H].[3H][3H].[3H][3H].[3H][3H]. The number of benzene rings is 8. The molecule has 4 atom stereocenters. The molecule has 0 aliphatic heterocycles. The van der Waals surface area contributed by atoms with Crippen molar-refractivity contribution in [1.82, 2.24) is 0 Å². The molecule has 8 aromatic carbocycles. The summed E-state index contributed by atoms with van der Waals surface area (Å²) in [5.41, 5.74) is 14.9. The summed E-state index contributed by atoms with van der Waals surface area (Å²) in [6.45, 7) is 35.4. The highest BCUT2D eigenvalue weighted by atomic mass is 79.9. The molecule has 0 aromatic heterocycles. The number of aliphatic hydroxyl groups excluding tert-OH is 2. The van der Waals surface area contributed by atoms with E-state index in [2.05, 4.69) is 167 Å². The fourth-order valence-corrected chi connectivity index (χ4v) is 12.2. The standard InChI is InChI=1S/2C21H26BrFO.2C21H27FO2.19H2/c2*1-6-21(3,4)14(2)18-11-15(13-22)7-9-17(18)19-12-16(24-5)8-10-20(19)23;2*1-6-21(3,4)14(2)18-11-15(13-23)7-9-17(18)19-12-16(24-5)8-10-20(19)22;;;;;;;;;;;;;;;;;;;/h2*7-12,14H,6,13H2,1-5H3;2*7-12,14,23H,6,13H2,1-5H3;19*1H/t4*14-;;;;;;;;;;;;;;;;;;;/m1010.................../s1/i;;;;19*1+2T. The molecule has 0 spiro atoms. The van der Waals surface area contributed by atoms with Gasteiger partial charge in [0, 0.05) is 89.3 Å². The van der Waals surface area contributed by atoms with Crippen LogP contribution in [-0.2, 0) is 23.9 Å². The van der Waals surface area contributed by atoms with E-state index < -0.39 is 0 Å². The van der Waals surface area contributed by atoms with Crippen LogP contribution in [0.3, 0.4) is 0 Å². The van der Waals surface area contributed by atoms with Gasteiger partial charge in [-0.15, -0.1) is 0 Å². The van der Waals surface area contributed by atoms with Crippen molar-refractivity contribution in [2.75, 3.05) is 28.4 Å². The van der Waals surface area contributed by atoms with E-state index in [1.165, 1.54) is 46.5 Å². The minimum atomic E-state index is -0.268. The van der Waals surface area contributed by atoms with Crippen LogP contribution < -0.4 is 18.9 Å². The Morgan fingerprint density at radius 1 is 0.333 bits per heavy atom. The van der Waals surface area contributed by atoms with Crippen molar-refractivity contribution in [3.8, 4) is 67.5 Å². The number of hydrogen-bond donors (Lipinski definition) is 2. The fraction of sp³-hybridized carbons (Fsp3) is 0.429. The number of ether oxygens (including phenoxy) is 4. The predicted octanol–water partition coefficient (Wildman–Crippen LogP) is 29.6. The van der Waals surface area contributed by atoms with Gasteiger partial charge in [-0.1, -0.05) is 241 Å². The predicted molar refractivity (Wildman–Crippen MR) is 441 cm³/mol. The molecule has 0 radical (unpaired) electrons. The van der Waals surface area contributed by atoms with Crippen LogP contribution in [0.5, 0.6) is 23.0 Å². The summed E-state index contributed by atoms with van der Waals surface area (Å²) < 4.78 is 269. The van der Waals surface area contributed by atoms with Gasteiger partial charge in [0.25, 0.3) is 0 Å². The average Bonchev–Trinajstić information content (AvgIpc) is 0.800. The second-order valence-corrected chi connectivity index (χ2v) is 29.0. The highest BCUT2D eigenvalue weighted by molar-refractivity contribution is 9.08. The minimum absolute atomic E-state index is 0.0207. The molecule has 0 fully saturated rings. The zero-order valence-electron chi connectivity index (χ0n) is 98.6. The molecule has 0 aliphatic rings. The van der Waals surface area contributed by atoms with Gasteiger partial charge in [0.2, 0.25) is 0 Å². The Hall–Kier alpha value is -6.44. The van der Waals surface area contributed by atoms with E-state index in [0.29, 0.717) is 57.1 Å². The van der Waals surface area contributed by atoms with E-state index in [-0.39, 0.29) is 70.0 Å². The van der Waals surface area contributed by atoms with Crippen LogP contribution in [0.15, 0.2) is 146 Å². The highest BCUT2D eigenvalue weighted by Crippen LogP contribution is 2.48. The lowest BCUT2D eigenvalue weighted by Crippen LogP contribution is -2.19. The first-order valence-corrected chi connectivity index (χ1v) is 35.8. The molecule has 8 aromatic rings. The lowest BCUT2D eigenvalue weighted by molar-refractivity contribution is 0.278. The lowest BCUT2D eigenvalue weighted by Gasteiger charge is -2.33. The molecule has 0 unspecified atom stereocenters. The van der Waals surface area contributed by atoms with Crippen LogP contribution in [0, 0.1) is 44.9 Å². The van der Waals surface area contributed by atoms with E-state index >= 15 is 0 Å². The molecular weight excluding hydrogens is 1340 g/mol. The maximum absolute atomic E-state index is 14.5. The van der Waals surface area contributed by atoms with Gasteiger partial charge in [0.1, 0.15) is 46.3 Å². The van der Waals surface area contributed by atoms with Crippen molar-refractivity contribution in [1.29, 1.82) is 0 Å². The first-order valence-electron chi connectivity index (χ1n) is 52.6. The molecule has 96 heavy (non-hydrogen) atoms. The number of rotatable bonds is 24. The Morgan fingerprint density at radius 2 is 0.531 bits per heavy atom. The molecule has 12 heteroatoms. The molecule has 0 amide bonds. The van der Waals surface area contributed by atoms with Crippen LogP contribution in [-0.4, -0.2) is 38.7 Å². The van der Waals surface area contributed by atoms with E-state index in [9.17, 15) is 27.8 Å². The highest BCUT2D eigenvalue weighted by Gasteiger charge is 2.32. The molecule has 2 N–H and O–H groups in total. The monoisotopic (exact) mass is 1560 g/mol. The molecule has 8 rings (SSSR count). The topological polar surface area (TPSA) is 77.4 Å². The zero-order chi connectivity index (χ0) is 110. The van der Waals surface area contributed by atoms with Crippen LogP contribution >= 0.6 is 31.9 Å². The summed E-state index contributed by atoms with van der Waals surface area (Å²) >= 11 is 7.06. The van der Waals surface area contributed by atoms with Crippen molar-refractivity contribution >= 4 is 31.9 Å². The second-order valence-electron chi connectivity index (χ2n) is 27.9. The summed E-state index contributed by atoms with van der Waals surface area (Å²) in [5.74, 6) is 2.68. The molecular formula is C84H144Br2F4O6. The molecule has 558 valence electrons. The lowest BCUT2D eigenvalue weighted by atomic mass is 9.72. The van der Waals surface area contributed by atoms with Crippen molar-refractivity contribution < 1.29 is 103 Å². The quantitative estimate of drug-likeness (QED) is 0.0464. The summed E-state index contributed by atoms with van der Waals surface area (Å²) in [6, 6.07) is 43.5. The van der Waals surface area contributed by atoms with Crippen LogP contribution in [0.2, 0.25) is 0 Å². The van der Waals surface area contributed by atoms with Crippen LogP contribution in [0.1, 0.15) is 261 Å². The maximum atomic E-state index is 14.5. The number of alkyl halides is 2. The second kappa shape index (κ2) is 35.9. The summed E-state index contributed by atoms with van der Waals surface area (Å²) in [6.07, 6.45) is 4.15. The summed E-state index contributed by atoms with van der Waals surface area (Å²) in [7, 11) is 6.37. The van der Waals surface area contributed by atoms with E-state index in [1.54, 1.807) is 77.0 Å². The molecule has 0 aliphatic carbocycles. The van der Waals surface area contributed by atoms with E-state index in [0.717, 1.165) is 80.9 Å². The largest absolute Gasteiger partial charge is 0.497 e. The fourth-order valence-electron chi connectivity index (χ4n) is 11.5. The third kappa shape index (κ3) is 19.9. The molecule has 0 saturated heterocycles. The zero-order valence-corrected chi connectivity index (χ0v) is 63.8. The molecule has 0 heterocycles. The van der Waals surface area contributed by atoms with Crippen molar-refractivity contribution in [3.05, 3.63) is 213 Å². The van der Waals surface area contributed by atoms with E-state index in [1.807, 2.05) is 48.5 Å². The number of hydrogen-bond acceptors (Lipinski definition) is 6. The number of halogens is 6. The Bertz CT molecular complexity index is 3440. The Kier molecular flexibility index (Phi) is 20.7. The Morgan fingerprint density at radius 3 is 0.708 bits per heavy atom. The van der Waals surface area contributed by atoms with E-state index in [4.69, 9.17) is 75.4 Å². The van der Waals surface area contributed by atoms with Crippen molar-refractivity contribution in [2.45, 2.75) is 184 Å². The van der Waals surface area contributed by atoms with Crippen LogP contribution in [0.4, 0.5) is 17.6 Å². The van der Waals surface area contributed by atoms with Crippen molar-refractivity contribution in [3.63, 3.8) is 0 Å². The van der Waals surface area contributed by atoms with Gasteiger partial charge in [-0.2, -0.15) is 0 Å². The smallest absolute Gasteiger partial charge is 0.131 e. The summed E-state index contributed by atoms with van der Waals surface area (Å²) in [5, 5.41) is 20.6. The average molecular weight is 1560 g/mol. The third-order valence-electron chi connectivity index (χ3n) is 21.2. The Labute approximate surface area is 648 Å². The first-order chi connectivity index (χ1) is 64.3. The number of methoxy groups -OCH3 is 4. The van der Waals surface area contributed by atoms with Crippen molar-refractivity contribution in [2.24, 2.45) is 21.7 Å². The maximum Gasteiger partial charge on any atom is 0.131 e.